The Bertz CT molecular complexity index is 521. The lowest BCUT2D eigenvalue weighted by Crippen LogP contribution is -2.08. The van der Waals surface area contributed by atoms with Crippen molar-refractivity contribution in [2.75, 3.05) is 12.0 Å². The van der Waals surface area contributed by atoms with Crippen LogP contribution in [0.1, 0.15) is 28.8 Å². The van der Waals surface area contributed by atoms with Crippen LogP contribution in [0.4, 0.5) is 4.39 Å². The zero-order chi connectivity index (χ0) is 13.1. The number of rotatable bonds is 5. The topological polar surface area (TPSA) is 51.2 Å². The Kier molecular flexibility index (Phi) is 4.40. The van der Waals surface area contributed by atoms with Gasteiger partial charge in [-0.25, -0.2) is 12.8 Å². The summed E-state index contributed by atoms with van der Waals surface area (Å²) in [5.74, 6) is -0.952. The van der Waals surface area contributed by atoms with Gasteiger partial charge in [0.25, 0.3) is 0 Å². The second-order valence-corrected chi connectivity index (χ2v) is 6.40. The molecule has 0 aromatic heterocycles. The van der Waals surface area contributed by atoms with E-state index in [1.54, 1.807) is 13.0 Å². The molecule has 0 radical (unpaired) electrons. The number of hydrogen-bond donors (Lipinski definition) is 0. The molecule has 0 spiro atoms. The molecule has 0 aliphatic heterocycles. The van der Waals surface area contributed by atoms with E-state index in [9.17, 15) is 17.6 Å². The van der Waals surface area contributed by atoms with E-state index in [0.717, 1.165) is 11.8 Å². The van der Waals surface area contributed by atoms with Gasteiger partial charge >= 0.3 is 0 Å². The van der Waals surface area contributed by atoms with Crippen LogP contribution in [0.25, 0.3) is 0 Å². The summed E-state index contributed by atoms with van der Waals surface area (Å²) in [4.78, 5) is 11.6. The van der Waals surface area contributed by atoms with Crippen LogP contribution >= 0.6 is 0 Å². The van der Waals surface area contributed by atoms with Crippen LogP contribution < -0.4 is 0 Å². The Hall–Kier alpha value is -1.23. The molecule has 0 fully saturated rings. The van der Waals surface area contributed by atoms with Gasteiger partial charge < -0.3 is 0 Å². The van der Waals surface area contributed by atoms with E-state index in [4.69, 9.17) is 0 Å². The van der Waals surface area contributed by atoms with E-state index >= 15 is 0 Å². The van der Waals surface area contributed by atoms with Crippen LogP contribution in [-0.4, -0.2) is 26.2 Å². The molecule has 0 aliphatic carbocycles. The largest absolute Gasteiger partial charge is 0.294 e. The normalized spacial score (nSPS) is 11.5. The van der Waals surface area contributed by atoms with Crippen molar-refractivity contribution in [2.24, 2.45) is 0 Å². The van der Waals surface area contributed by atoms with E-state index in [0.29, 0.717) is 0 Å². The van der Waals surface area contributed by atoms with Crippen molar-refractivity contribution < 1.29 is 17.6 Å². The second-order valence-electron chi connectivity index (χ2n) is 4.14. The van der Waals surface area contributed by atoms with Crippen molar-refractivity contribution in [1.29, 1.82) is 0 Å². The fourth-order valence-electron chi connectivity index (χ4n) is 1.48. The molecule has 17 heavy (non-hydrogen) atoms. The van der Waals surface area contributed by atoms with Gasteiger partial charge in [-0.05, 0) is 31.0 Å². The number of carbonyl (C=O) groups excluding carboxylic acids is 1. The Morgan fingerprint density at radius 1 is 1.35 bits per heavy atom. The summed E-state index contributed by atoms with van der Waals surface area (Å²) in [5, 5.41) is 0. The predicted octanol–water partition coefficient (Wildman–Crippen LogP) is 2.14. The first-order valence-corrected chi connectivity index (χ1v) is 7.33. The lowest BCUT2D eigenvalue weighted by Gasteiger charge is -2.03. The van der Waals surface area contributed by atoms with Crippen LogP contribution in [-0.2, 0) is 9.84 Å². The molecule has 0 amide bonds. The average molecular weight is 258 g/mol. The minimum Gasteiger partial charge on any atom is -0.294 e. The Morgan fingerprint density at radius 2 is 2.00 bits per heavy atom. The van der Waals surface area contributed by atoms with Crippen molar-refractivity contribution in [1.82, 2.24) is 0 Å². The summed E-state index contributed by atoms with van der Waals surface area (Å²) in [6, 6.07) is 4.39. The molecule has 0 saturated carbocycles. The number of carbonyl (C=O) groups is 1. The third kappa shape index (κ3) is 4.65. The molecule has 0 N–H and O–H groups in total. The molecule has 3 nitrogen and oxygen atoms in total. The third-order valence-electron chi connectivity index (χ3n) is 2.34. The highest BCUT2D eigenvalue weighted by molar-refractivity contribution is 7.90. The number of benzene rings is 1. The highest BCUT2D eigenvalue weighted by atomic mass is 32.2. The maximum atomic E-state index is 13.4. The number of aryl methyl sites for hydroxylation is 1. The summed E-state index contributed by atoms with van der Waals surface area (Å²) in [5.41, 5.74) is 0.777. The first-order chi connectivity index (χ1) is 7.79. The van der Waals surface area contributed by atoms with E-state index in [2.05, 4.69) is 0 Å². The van der Waals surface area contributed by atoms with Crippen molar-refractivity contribution in [3.05, 3.63) is 35.1 Å². The van der Waals surface area contributed by atoms with Crippen LogP contribution in [0.5, 0.6) is 0 Å². The van der Waals surface area contributed by atoms with Crippen molar-refractivity contribution in [3.63, 3.8) is 0 Å². The maximum Gasteiger partial charge on any atom is 0.165 e. The van der Waals surface area contributed by atoms with Crippen molar-refractivity contribution >= 4 is 15.6 Å². The lowest BCUT2D eigenvalue weighted by atomic mass is 10.0. The summed E-state index contributed by atoms with van der Waals surface area (Å²) in [6.45, 7) is 1.74. The average Bonchev–Trinajstić information content (AvgIpc) is 2.15. The number of hydrogen-bond acceptors (Lipinski definition) is 3. The fraction of sp³-hybridized carbons (Fsp3) is 0.417. The molecule has 5 heteroatoms. The molecule has 0 saturated heterocycles. The molecule has 1 rings (SSSR count). The zero-order valence-corrected chi connectivity index (χ0v) is 10.7. The molecule has 0 atom stereocenters. The smallest absolute Gasteiger partial charge is 0.165 e. The van der Waals surface area contributed by atoms with Crippen LogP contribution in [0.15, 0.2) is 18.2 Å². The van der Waals surface area contributed by atoms with Crippen LogP contribution in [0.3, 0.4) is 0 Å². The molecule has 1 aromatic carbocycles. The Morgan fingerprint density at radius 3 is 2.53 bits per heavy atom. The number of ketones is 1. The van der Waals surface area contributed by atoms with E-state index in [-0.39, 0.29) is 29.9 Å². The van der Waals surface area contributed by atoms with Crippen LogP contribution in [0, 0.1) is 12.7 Å². The summed E-state index contributed by atoms with van der Waals surface area (Å²) >= 11 is 0. The standard InChI is InChI=1S/C12H15FO3S/c1-9-5-6-10(11(13)8-9)12(14)4-3-7-17(2,15)16/h5-6,8H,3-4,7H2,1-2H3. The number of Topliss-reactive ketones (excluding diaryl/α,β-unsaturated/α-hetero) is 1. The molecule has 0 bridgehead atoms. The van der Waals surface area contributed by atoms with Gasteiger partial charge in [-0.3, -0.25) is 4.79 Å². The second kappa shape index (κ2) is 5.40. The first-order valence-electron chi connectivity index (χ1n) is 5.26. The van der Waals surface area contributed by atoms with E-state index < -0.39 is 15.7 Å². The monoisotopic (exact) mass is 258 g/mol. The minimum atomic E-state index is -3.06. The van der Waals surface area contributed by atoms with Gasteiger partial charge in [0.15, 0.2) is 5.78 Å². The van der Waals surface area contributed by atoms with Gasteiger partial charge in [-0.1, -0.05) is 6.07 Å². The molecule has 1 aromatic rings. The van der Waals surface area contributed by atoms with Gasteiger partial charge in [-0.15, -0.1) is 0 Å². The number of halogens is 1. The zero-order valence-electron chi connectivity index (χ0n) is 9.86. The fourth-order valence-corrected chi connectivity index (χ4v) is 2.14. The van der Waals surface area contributed by atoms with E-state index in [1.807, 2.05) is 0 Å². The molecule has 0 heterocycles. The first kappa shape index (κ1) is 13.8. The van der Waals surface area contributed by atoms with E-state index in [1.165, 1.54) is 12.1 Å². The quantitative estimate of drug-likeness (QED) is 0.760. The summed E-state index contributed by atoms with van der Waals surface area (Å²) in [6.07, 6.45) is 1.39. The molecular formula is C12H15FO3S. The predicted molar refractivity (Wildman–Crippen MR) is 64.4 cm³/mol. The van der Waals surface area contributed by atoms with Gasteiger partial charge in [0.2, 0.25) is 0 Å². The molecular weight excluding hydrogens is 243 g/mol. The van der Waals surface area contributed by atoms with Gasteiger partial charge in [0, 0.05) is 12.7 Å². The van der Waals surface area contributed by atoms with Gasteiger partial charge in [0.1, 0.15) is 15.7 Å². The summed E-state index contributed by atoms with van der Waals surface area (Å²) in [7, 11) is -3.06. The highest BCUT2D eigenvalue weighted by Gasteiger charge is 2.12. The van der Waals surface area contributed by atoms with Crippen LogP contribution in [0.2, 0.25) is 0 Å². The van der Waals surface area contributed by atoms with Gasteiger partial charge in [-0.2, -0.15) is 0 Å². The minimum absolute atomic E-state index is 0.0316. The SMILES string of the molecule is Cc1ccc(C(=O)CCCS(C)(=O)=O)c(F)c1. The Balaban J connectivity index is 2.65. The van der Waals surface area contributed by atoms with Gasteiger partial charge in [0.05, 0.1) is 11.3 Å². The van der Waals surface area contributed by atoms with Crippen molar-refractivity contribution in [2.45, 2.75) is 19.8 Å². The number of sulfone groups is 1. The Labute approximate surface area is 101 Å². The maximum absolute atomic E-state index is 13.4. The molecule has 0 unspecified atom stereocenters. The highest BCUT2D eigenvalue weighted by Crippen LogP contribution is 2.13. The summed E-state index contributed by atoms with van der Waals surface area (Å²) < 4.78 is 35.2. The molecule has 94 valence electrons. The third-order valence-corrected chi connectivity index (χ3v) is 3.37. The molecule has 0 aliphatic rings. The lowest BCUT2D eigenvalue weighted by molar-refractivity contribution is 0.0978. The van der Waals surface area contributed by atoms with Crippen molar-refractivity contribution in [3.8, 4) is 0 Å².